The third-order valence-corrected chi connectivity index (χ3v) is 6.78. The molecule has 39 heavy (non-hydrogen) atoms. The fourth-order valence-electron chi connectivity index (χ4n) is 4.44. The highest BCUT2D eigenvalue weighted by molar-refractivity contribution is 5.88. The molecule has 2 fully saturated rings. The molecule has 0 aliphatic carbocycles. The van der Waals surface area contributed by atoms with Crippen molar-refractivity contribution in [3.05, 3.63) is 24.7 Å². The van der Waals surface area contributed by atoms with E-state index in [0.717, 1.165) is 6.54 Å². The van der Waals surface area contributed by atoms with Gasteiger partial charge >= 0.3 is 12.1 Å². The van der Waals surface area contributed by atoms with E-state index in [2.05, 4.69) is 30.6 Å². The summed E-state index contributed by atoms with van der Waals surface area (Å²) < 4.78 is 25.7. The molecule has 0 radical (unpaired) electrons. The Morgan fingerprint density at radius 1 is 1.18 bits per heavy atom. The maximum atomic E-state index is 14.9. The van der Waals surface area contributed by atoms with E-state index in [-0.39, 0.29) is 36.9 Å². The van der Waals surface area contributed by atoms with Crippen LogP contribution in [0.1, 0.15) is 26.2 Å². The number of hydrogen-bond acceptors (Lipinski definition) is 11. The Balaban J connectivity index is 1.34. The maximum Gasteiger partial charge on any atom is 0.413 e. The molecule has 4 rings (SSSR count). The number of aromatic nitrogens is 4. The van der Waals surface area contributed by atoms with Gasteiger partial charge in [-0.05, 0) is 32.9 Å². The van der Waals surface area contributed by atoms with Gasteiger partial charge in [0.2, 0.25) is 11.8 Å². The summed E-state index contributed by atoms with van der Waals surface area (Å²) in [4.78, 5) is 47.2. The largest absolute Gasteiger partial charge is 0.477 e. The van der Waals surface area contributed by atoms with Gasteiger partial charge in [-0.3, -0.25) is 15.5 Å². The molecule has 2 saturated heterocycles. The molecule has 2 aromatic heterocycles. The minimum absolute atomic E-state index is 0.154. The van der Waals surface area contributed by atoms with E-state index in [1.54, 1.807) is 11.0 Å². The van der Waals surface area contributed by atoms with E-state index >= 15 is 0 Å². The predicted octanol–water partition coefficient (Wildman–Crippen LogP) is 1.67. The number of urea groups is 1. The van der Waals surface area contributed by atoms with Crippen LogP contribution in [-0.4, -0.2) is 107 Å². The first-order chi connectivity index (χ1) is 18.7. The Labute approximate surface area is 226 Å². The summed E-state index contributed by atoms with van der Waals surface area (Å²) in [6, 6.07) is 0.242. The number of nitrogens with one attached hydrogen (secondary N) is 2. The van der Waals surface area contributed by atoms with Gasteiger partial charge in [0.1, 0.15) is 18.1 Å². The highest BCUT2D eigenvalue weighted by Gasteiger charge is 2.35. The van der Waals surface area contributed by atoms with Crippen LogP contribution in [0.15, 0.2) is 24.7 Å². The van der Waals surface area contributed by atoms with Crippen LogP contribution in [0, 0.1) is 0 Å². The smallest absolute Gasteiger partial charge is 0.413 e. The van der Waals surface area contributed by atoms with Gasteiger partial charge in [-0.25, -0.2) is 28.9 Å². The summed E-state index contributed by atoms with van der Waals surface area (Å²) in [7, 11) is 3.45. The maximum absolute atomic E-state index is 14.9. The van der Waals surface area contributed by atoms with Gasteiger partial charge in [-0.15, -0.1) is 0 Å². The van der Waals surface area contributed by atoms with Crippen molar-refractivity contribution in [2.24, 2.45) is 5.73 Å². The van der Waals surface area contributed by atoms with E-state index in [9.17, 15) is 14.0 Å². The summed E-state index contributed by atoms with van der Waals surface area (Å²) in [6.45, 7) is 3.51. The molecule has 0 bridgehead atoms. The monoisotopic (exact) mass is 546 g/mol. The quantitative estimate of drug-likeness (QED) is 0.463. The standard InChI is InChI=1S/C24H35FN10O4/c1-4-38-21-13-28-20(12-29-21)31-23(36)34(3)17-14-35(10-7-16(17)25)22-27-8-5-19(30-22)32-24(37)39-15-6-9-33(2)18(26)11-15/h5,8,12-13,15-18H,4,6-7,9-11,14,26H2,1-3H3,(H,28,31,36)(H,27,30,32,37)/t15-,16+,17-,18+/m0/s1. The van der Waals surface area contributed by atoms with Crippen molar-refractivity contribution in [3.8, 4) is 5.88 Å². The van der Waals surface area contributed by atoms with Crippen LogP contribution in [0.2, 0.25) is 0 Å². The second-order valence-electron chi connectivity index (χ2n) is 9.50. The van der Waals surface area contributed by atoms with Gasteiger partial charge in [0, 0.05) is 39.3 Å². The number of amides is 3. The highest BCUT2D eigenvalue weighted by atomic mass is 19.1. The number of nitrogens with two attached hydrogens (primary N) is 1. The zero-order valence-electron chi connectivity index (χ0n) is 22.3. The molecule has 14 nitrogen and oxygen atoms in total. The number of rotatable bonds is 7. The van der Waals surface area contributed by atoms with Crippen LogP contribution in [-0.2, 0) is 4.74 Å². The van der Waals surface area contributed by atoms with Crippen molar-refractivity contribution < 1.29 is 23.5 Å². The molecular weight excluding hydrogens is 511 g/mol. The molecule has 0 saturated carbocycles. The molecule has 0 aromatic carbocycles. The number of nitrogens with zero attached hydrogens (tertiary/aromatic N) is 7. The van der Waals surface area contributed by atoms with E-state index < -0.39 is 24.3 Å². The number of carbonyl (C=O) groups is 2. The molecule has 2 aromatic rings. The van der Waals surface area contributed by atoms with Gasteiger partial charge in [0.15, 0.2) is 5.82 Å². The van der Waals surface area contributed by atoms with Crippen LogP contribution in [0.5, 0.6) is 5.88 Å². The number of halogens is 1. The van der Waals surface area contributed by atoms with Gasteiger partial charge in [0.25, 0.3) is 0 Å². The summed E-state index contributed by atoms with van der Waals surface area (Å²) >= 11 is 0. The van der Waals surface area contributed by atoms with Crippen LogP contribution in [0.3, 0.4) is 0 Å². The molecule has 0 spiro atoms. The van der Waals surface area contributed by atoms with Crippen molar-refractivity contribution in [2.75, 3.05) is 55.9 Å². The van der Waals surface area contributed by atoms with E-state index in [1.165, 1.54) is 30.5 Å². The number of likely N-dealkylation sites (N-methyl/N-ethyl adjacent to an activating group) is 1. The normalized spacial score (nSPS) is 23.6. The molecule has 4 atom stereocenters. The molecule has 2 aliphatic rings. The number of anilines is 3. The Kier molecular flexibility index (Phi) is 9.24. The number of ether oxygens (including phenoxy) is 2. The number of piperidine rings is 2. The van der Waals surface area contributed by atoms with Crippen molar-refractivity contribution in [2.45, 2.75) is 50.7 Å². The Morgan fingerprint density at radius 2 is 2.00 bits per heavy atom. The van der Waals surface area contributed by atoms with Crippen molar-refractivity contribution in [1.29, 1.82) is 0 Å². The zero-order chi connectivity index (χ0) is 27.9. The highest BCUT2D eigenvalue weighted by Crippen LogP contribution is 2.23. The van der Waals surface area contributed by atoms with Crippen LogP contribution in [0.25, 0.3) is 0 Å². The lowest BCUT2D eigenvalue weighted by atomic mass is 10.0. The molecule has 15 heteroatoms. The first-order valence-electron chi connectivity index (χ1n) is 12.9. The van der Waals surface area contributed by atoms with Gasteiger partial charge in [-0.2, -0.15) is 4.98 Å². The van der Waals surface area contributed by atoms with E-state index in [1.807, 2.05) is 18.9 Å². The number of alkyl halides is 1. The lowest BCUT2D eigenvalue weighted by Crippen LogP contribution is -2.55. The average Bonchev–Trinajstić information content (AvgIpc) is 2.92. The fourth-order valence-corrected chi connectivity index (χ4v) is 4.44. The first kappa shape index (κ1) is 28.2. The first-order valence-corrected chi connectivity index (χ1v) is 12.9. The molecule has 4 N–H and O–H groups in total. The molecule has 2 aliphatic heterocycles. The third-order valence-electron chi connectivity index (χ3n) is 6.78. The predicted molar refractivity (Wildman–Crippen MR) is 141 cm³/mol. The second kappa shape index (κ2) is 12.8. The minimum atomic E-state index is -1.25. The molecule has 3 amide bonds. The number of hydrogen-bond donors (Lipinski definition) is 3. The molecule has 4 heterocycles. The Bertz CT molecular complexity index is 1130. The van der Waals surface area contributed by atoms with Crippen LogP contribution >= 0.6 is 0 Å². The average molecular weight is 547 g/mol. The minimum Gasteiger partial charge on any atom is -0.477 e. The number of carbonyl (C=O) groups excluding carboxylic acids is 2. The Morgan fingerprint density at radius 3 is 2.72 bits per heavy atom. The van der Waals surface area contributed by atoms with E-state index in [0.29, 0.717) is 37.8 Å². The van der Waals surface area contributed by atoms with Crippen molar-refractivity contribution in [3.63, 3.8) is 0 Å². The van der Waals surface area contributed by atoms with Gasteiger partial charge in [-0.1, -0.05) is 0 Å². The van der Waals surface area contributed by atoms with Gasteiger partial charge in [0.05, 0.1) is 31.2 Å². The molecular formula is C24H35FN10O4. The zero-order valence-corrected chi connectivity index (χ0v) is 22.3. The topological polar surface area (TPSA) is 164 Å². The molecule has 212 valence electrons. The van der Waals surface area contributed by atoms with Gasteiger partial charge < -0.3 is 25.0 Å². The second-order valence-corrected chi connectivity index (χ2v) is 9.50. The molecule has 0 unspecified atom stereocenters. The summed E-state index contributed by atoms with van der Waals surface area (Å²) in [5.74, 6) is 1.11. The summed E-state index contributed by atoms with van der Waals surface area (Å²) in [5, 5.41) is 5.25. The fraction of sp³-hybridized carbons (Fsp3) is 0.583. The summed E-state index contributed by atoms with van der Waals surface area (Å²) in [6.07, 6.45) is 3.36. The Hall–Kier alpha value is -3.85. The third kappa shape index (κ3) is 7.38. The van der Waals surface area contributed by atoms with Crippen LogP contribution in [0.4, 0.5) is 31.6 Å². The van der Waals surface area contributed by atoms with Crippen molar-refractivity contribution >= 4 is 29.7 Å². The van der Waals surface area contributed by atoms with E-state index in [4.69, 9.17) is 15.2 Å². The SMILES string of the molecule is CCOc1cnc(NC(=O)N(C)[C@H]2CN(c3nccc(NC(=O)O[C@H]4CCN(C)[C@@H](N)C4)n3)CC[C@H]2F)cn1. The lowest BCUT2D eigenvalue weighted by Gasteiger charge is -2.39. The lowest BCUT2D eigenvalue weighted by molar-refractivity contribution is 0.0408. The number of likely N-dealkylation sites (tertiary alicyclic amines) is 1. The van der Waals surface area contributed by atoms with Crippen LogP contribution < -0.4 is 26.0 Å². The summed E-state index contributed by atoms with van der Waals surface area (Å²) in [5.41, 5.74) is 6.04. The van der Waals surface area contributed by atoms with Crippen molar-refractivity contribution in [1.82, 2.24) is 29.7 Å².